The van der Waals surface area contributed by atoms with Crippen LogP contribution in [0.15, 0.2) is 36.5 Å². The number of nitrogens with one attached hydrogen (secondary N) is 1. The molecule has 0 aliphatic rings. The predicted molar refractivity (Wildman–Crippen MR) is 102 cm³/mol. The van der Waals surface area contributed by atoms with Crippen LogP contribution in [0, 0.1) is 6.92 Å². The van der Waals surface area contributed by atoms with Crippen molar-refractivity contribution in [1.29, 1.82) is 0 Å². The third kappa shape index (κ3) is 3.84. The second-order valence-corrected chi connectivity index (χ2v) is 7.09. The van der Waals surface area contributed by atoms with E-state index in [1.165, 1.54) is 11.3 Å². The van der Waals surface area contributed by atoms with Gasteiger partial charge in [0.1, 0.15) is 16.0 Å². The molecule has 1 amide bonds. The van der Waals surface area contributed by atoms with Crippen LogP contribution >= 0.6 is 11.3 Å². The van der Waals surface area contributed by atoms with Crippen molar-refractivity contribution < 1.29 is 9.53 Å². The molecule has 1 N–H and O–H groups in total. The number of carbonyl (C=O) groups excluding carboxylic acids is 1. The van der Waals surface area contributed by atoms with E-state index in [4.69, 9.17) is 4.74 Å². The monoisotopic (exact) mass is 370 g/mol. The number of aromatic nitrogens is 3. The van der Waals surface area contributed by atoms with E-state index in [9.17, 15) is 4.79 Å². The van der Waals surface area contributed by atoms with Gasteiger partial charge in [-0.05, 0) is 31.0 Å². The van der Waals surface area contributed by atoms with Crippen molar-refractivity contribution >= 4 is 17.2 Å². The second-order valence-electron chi connectivity index (χ2n) is 6.06. The highest BCUT2D eigenvalue weighted by atomic mass is 32.1. The molecular formula is C19H22N4O2S. The van der Waals surface area contributed by atoms with Gasteiger partial charge in [-0.2, -0.15) is 5.10 Å². The van der Waals surface area contributed by atoms with Gasteiger partial charge in [-0.1, -0.05) is 24.3 Å². The lowest BCUT2D eigenvalue weighted by atomic mass is 10.1. The van der Waals surface area contributed by atoms with E-state index in [1.54, 1.807) is 13.3 Å². The van der Waals surface area contributed by atoms with Gasteiger partial charge in [-0.25, -0.2) is 4.98 Å². The summed E-state index contributed by atoms with van der Waals surface area (Å²) in [5.74, 6) is -0.106. The standard InChI is InChI=1S/C19H22N4O2S/c1-12-17(26-19(22-12)13(2)25-4)18(24)20-11-14-5-7-15(8-6-14)16-9-10-21-23(16)3/h5-10,13H,11H2,1-4H3,(H,20,24). The van der Waals surface area contributed by atoms with Gasteiger partial charge in [0.25, 0.3) is 5.91 Å². The fourth-order valence-corrected chi connectivity index (χ4v) is 3.63. The van der Waals surface area contributed by atoms with Gasteiger partial charge in [-0.15, -0.1) is 11.3 Å². The fourth-order valence-electron chi connectivity index (χ4n) is 2.62. The predicted octanol–water partition coefficient (Wildman–Crippen LogP) is 3.49. The topological polar surface area (TPSA) is 69.0 Å². The number of amides is 1. The molecule has 2 aromatic heterocycles. The largest absolute Gasteiger partial charge is 0.375 e. The zero-order valence-electron chi connectivity index (χ0n) is 15.3. The molecule has 1 aromatic carbocycles. The molecule has 1 unspecified atom stereocenters. The first-order valence-electron chi connectivity index (χ1n) is 8.35. The number of nitrogens with zero attached hydrogens (tertiary/aromatic N) is 3. The number of hydrogen-bond acceptors (Lipinski definition) is 5. The van der Waals surface area contributed by atoms with Crippen molar-refractivity contribution in [1.82, 2.24) is 20.1 Å². The number of rotatable bonds is 6. The molecule has 1 atom stereocenters. The molecule has 7 heteroatoms. The molecule has 6 nitrogen and oxygen atoms in total. The van der Waals surface area contributed by atoms with Crippen LogP contribution in [-0.2, 0) is 18.3 Å². The van der Waals surface area contributed by atoms with Crippen LogP contribution in [0.5, 0.6) is 0 Å². The van der Waals surface area contributed by atoms with E-state index in [0.717, 1.165) is 27.5 Å². The number of methoxy groups -OCH3 is 1. The van der Waals surface area contributed by atoms with Gasteiger partial charge >= 0.3 is 0 Å². The minimum Gasteiger partial charge on any atom is -0.375 e. The molecule has 3 rings (SSSR count). The quantitative estimate of drug-likeness (QED) is 0.721. The van der Waals surface area contributed by atoms with Crippen LogP contribution in [-0.4, -0.2) is 27.8 Å². The average molecular weight is 370 g/mol. The summed E-state index contributed by atoms with van der Waals surface area (Å²) in [7, 11) is 3.55. The third-order valence-electron chi connectivity index (χ3n) is 4.24. The van der Waals surface area contributed by atoms with Crippen molar-refractivity contribution in [3.63, 3.8) is 0 Å². The molecule has 3 aromatic rings. The molecule has 2 heterocycles. The van der Waals surface area contributed by atoms with E-state index in [0.29, 0.717) is 11.4 Å². The summed E-state index contributed by atoms with van der Waals surface area (Å²) in [6.45, 7) is 4.24. The zero-order valence-corrected chi connectivity index (χ0v) is 16.1. The first kappa shape index (κ1) is 18.3. The summed E-state index contributed by atoms with van der Waals surface area (Å²) >= 11 is 1.38. The summed E-state index contributed by atoms with van der Waals surface area (Å²) in [5, 5.41) is 7.96. The molecule has 0 fully saturated rings. The maximum absolute atomic E-state index is 12.5. The van der Waals surface area contributed by atoms with E-state index < -0.39 is 0 Å². The molecule has 0 saturated heterocycles. The summed E-state index contributed by atoms with van der Waals surface area (Å²) < 4.78 is 7.11. The van der Waals surface area contributed by atoms with E-state index in [1.807, 2.05) is 55.9 Å². The van der Waals surface area contributed by atoms with Crippen molar-refractivity contribution in [2.75, 3.05) is 7.11 Å². The molecule has 0 aliphatic heterocycles. The minimum atomic E-state index is -0.111. The third-order valence-corrected chi connectivity index (χ3v) is 5.56. The van der Waals surface area contributed by atoms with Crippen molar-refractivity contribution in [2.45, 2.75) is 26.5 Å². The number of ether oxygens (including phenoxy) is 1. The summed E-state index contributed by atoms with van der Waals surface area (Å²) in [6.07, 6.45) is 1.67. The van der Waals surface area contributed by atoms with Gasteiger partial charge in [0.2, 0.25) is 0 Å². The highest BCUT2D eigenvalue weighted by molar-refractivity contribution is 7.13. The Morgan fingerprint density at radius 1 is 1.31 bits per heavy atom. The summed E-state index contributed by atoms with van der Waals surface area (Å²) in [6, 6.07) is 10.1. The first-order chi connectivity index (χ1) is 12.5. The van der Waals surface area contributed by atoms with Crippen LogP contribution in [0.1, 0.15) is 39.0 Å². The second kappa shape index (κ2) is 7.80. The van der Waals surface area contributed by atoms with Crippen molar-refractivity contribution in [3.05, 3.63) is 57.7 Å². The number of aryl methyl sites for hydroxylation is 2. The Labute approximate surface area is 156 Å². The maximum Gasteiger partial charge on any atom is 0.263 e. The van der Waals surface area contributed by atoms with Gasteiger partial charge in [-0.3, -0.25) is 9.48 Å². The van der Waals surface area contributed by atoms with Crippen molar-refractivity contribution in [2.24, 2.45) is 7.05 Å². The lowest BCUT2D eigenvalue weighted by molar-refractivity contribution is 0.0954. The number of carbonyl (C=O) groups is 1. The van der Waals surface area contributed by atoms with Gasteiger partial charge in [0.05, 0.1) is 11.4 Å². The number of hydrogen-bond donors (Lipinski definition) is 1. The van der Waals surface area contributed by atoms with Gasteiger partial charge < -0.3 is 10.1 Å². The Morgan fingerprint density at radius 2 is 2.04 bits per heavy atom. The van der Waals surface area contributed by atoms with Crippen LogP contribution in [0.4, 0.5) is 0 Å². The first-order valence-corrected chi connectivity index (χ1v) is 9.17. The fraction of sp³-hybridized carbons (Fsp3) is 0.316. The smallest absolute Gasteiger partial charge is 0.263 e. The van der Waals surface area contributed by atoms with E-state index in [-0.39, 0.29) is 12.0 Å². The van der Waals surface area contributed by atoms with Crippen LogP contribution in [0.2, 0.25) is 0 Å². The summed E-state index contributed by atoms with van der Waals surface area (Å²) in [4.78, 5) is 17.5. The Hall–Kier alpha value is -2.51. The molecule has 26 heavy (non-hydrogen) atoms. The lowest BCUT2D eigenvalue weighted by Crippen LogP contribution is -2.22. The Morgan fingerprint density at radius 3 is 2.65 bits per heavy atom. The lowest BCUT2D eigenvalue weighted by Gasteiger charge is -2.07. The SMILES string of the molecule is COC(C)c1nc(C)c(C(=O)NCc2ccc(-c3ccnn3C)cc2)s1. The molecule has 0 spiro atoms. The average Bonchev–Trinajstić information content (AvgIpc) is 3.25. The molecule has 0 bridgehead atoms. The number of thiazole rings is 1. The van der Waals surface area contributed by atoms with E-state index >= 15 is 0 Å². The molecule has 136 valence electrons. The minimum absolute atomic E-state index is 0.106. The van der Waals surface area contributed by atoms with E-state index in [2.05, 4.69) is 15.4 Å². The van der Waals surface area contributed by atoms with Crippen LogP contribution in [0.25, 0.3) is 11.3 Å². The maximum atomic E-state index is 12.5. The van der Waals surface area contributed by atoms with Crippen LogP contribution < -0.4 is 5.32 Å². The van der Waals surface area contributed by atoms with Crippen molar-refractivity contribution in [3.8, 4) is 11.3 Å². The number of benzene rings is 1. The molecule has 0 aliphatic carbocycles. The zero-order chi connectivity index (χ0) is 18.7. The molecule has 0 saturated carbocycles. The van der Waals surface area contributed by atoms with Crippen LogP contribution in [0.3, 0.4) is 0 Å². The molecular weight excluding hydrogens is 348 g/mol. The van der Waals surface area contributed by atoms with Gasteiger partial charge in [0.15, 0.2) is 0 Å². The highest BCUT2D eigenvalue weighted by Gasteiger charge is 2.18. The van der Waals surface area contributed by atoms with Gasteiger partial charge in [0, 0.05) is 26.9 Å². The molecule has 0 radical (unpaired) electrons. The Kier molecular flexibility index (Phi) is 5.49. The summed E-state index contributed by atoms with van der Waals surface area (Å²) in [5.41, 5.74) is 3.92. The Balaban J connectivity index is 1.65. The Bertz CT molecular complexity index is 899. The highest BCUT2D eigenvalue weighted by Crippen LogP contribution is 2.25. The normalized spacial score (nSPS) is 12.2.